The standard InChI is InChI=1S/C6H3ClN4O2S/c7-4-3(11(12)13)1-2-6(5(4)8)10-14-9-2/h1H,8H2. The maximum atomic E-state index is 10.6. The van der Waals surface area contributed by atoms with E-state index in [-0.39, 0.29) is 16.4 Å². The zero-order valence-electron chi connectivity index (χ0n) is 6.60. The minimum atomic E-state index is -0.600. The van der Waals surface area contributed by atoms with Crippen LogP contribution in [-0.2, 0) is 0 Å². The van der Waals surface area contributed by atoms with Crippen LogP contribution in [0.25, 0.3) is 11.0 Å². The fraction of sp³-hybridized carbons (Fsp3) is 0. The summed E-state index contributed by atoms with van der Waals surface area (Å²) in [6, 6.07) is 1.26. The van der Waals surface area contributed by atoms with Crippen LogP contribution in [0.4, 0.5) is 11.4 Å². The highest BCUT2D eigenvalue weighted by molar-refractivity contribution is 7.00. The number of aromatic nitrogens is 2. The molecule has 1 aromatic heterocycles. The third-order valence-electron chi connectivity index (χ3n) is 1.70. The Morgan fingerprint density at radius 2 is 2.29 bits per heavy atom. The topological polar surface area (TPSA) is 94.9 Å². The summed E-state index contributed by atoms with van der Waals surface area (Å²) in [6.07, 6.45) is 0. The average molecular weight is 231 g/mol. The van der Waals surface area contributed by atoms with Gasteiger partial charge in [0.05, 0.1) is 22.3 Å². The largest absolute Gasteiger partial charge is 0.395 e. The van der Waals surface area contributed by atoms with Crippen LogP contribution >= 0.6 is 23.3 Å². The highest BCUT2D eigenvalue weighted by atomic mass is 35.5. The van der Waals surface area contributed by atoms with E-state index in [4.69, 9.17) is 17.3 Å². The van der Waals surface area contributed by atoms with Crippen LogP contribution in [0, 0.1) is 10.1 Å². The molecule has 0 spiro atoms. The zero-order valence-corrected chi connectivity index (χ0v) is 8.17. The molecule has 1 heterocycles. The first-order valence-corrected chi connectivity index (χ1v) is 4.56. The first-order valence-electron chi connectivity index (χ1n) is 3.46. The van der Waals surface area contributed by atoms with Crippen molar-refractivity contribution in [2.45, 2.75) is 0 Å². The van der Waals surface area contributed by atoms with Gasteiger partial charge in [0.1, 0.15) is 16.1 Å². The van der Waals surface area contributed by atoms with E-state index in [0.29, 0.717) is 11.0 Å². The molecule has 0 aliphatic carbocycles. The summed E-state index contributed by atoms with van der Waals surface area (Å²) in [6.45, 7) is 0. The van der Waals surface area contributed by atoms with Crippen molar-refractivity contribution in [3.05, 3.63) is 21.2 Å². The number of nitrogens with zero attached hydrogens (tertiary/aromatic N) is 3. The number of nitrogens with two attached hydrogens (primary N) is 1. The Balaban J connectivity index is 2.87. The van der Waals surface area contributed by atoms with Crippen LogP contribution in [-0.4, -0.2) is 13.7 Å². The molecule has 0 radical (unpaired) electrons. The molecule has 0 aliphatic heterocycles. The Hall–Kier alpha value is -1.47. The Kier molecular flexibility index (Phi) is 1.97. The minimum absolute atomic E-state index is 0.0878. The molecular formula is C6H3ClN4O2S. The third-order valence-corrected chi connectivity index (χ3v) is 2.64. The first-order chi connectivity index (χ1) is 6.61. The molecule has 2 N–H and O–H groups in total. The van der Waals surface area contributed by atoms with Gasteiger partial charge in [-0.25, -0.2) is 0 Å². The molecule has 2 aromatic rings. The molecule has 0 unspecified atom stereocenters. The SMILES string of the molecule is Nc1c(Cl)c([N+](=O)[O-])cc2nsnc12. The lowest BCUT2D eigenvalue weighted by molar-refractivity contribution is -0.384. The lowest BCUT2D eigenvalue weighted by Gasteiger charge is -1.98. The second kappa shape index (κ2) is 3.03. The summed E-state index contributed by atoms with van der Waals surface area (Å²) < 4.78 is 7.73. The Bertz CT molecular complexity index is 526. The highest BCUT2D eigenvalue weighted by Gasteiger charge is 2.19. The van der Waals surface area contributed by atoms with Crippen molar-refractivity contribution < 1.29 is 4.92 Å². The summed E-state index contributed by atoms with van der Waals surface area (Å²) in [4.78, 5) is 9.96. The Morgan fingerprint density at radius 3 is 2.93 bits per heavy atom. The van der Waals surface area contributed by atoms with E-state index >= 15 is 0 Å². The van der Waals surface area contributed by atoms with E-state index in [0.717, 1.165) is 11.7 Å². The monoisotopic (exact) mass is 230 g/mol. The van der Waals surface area contributed by atoms with Crippen molar-refractivity contribution in [1.29, 1.82) is 0 Å². The van der Waals surface area contributed by atoms with Crippen molar-refractivity contribution in [2.24, 2.45) is 0 Å². The van der Waals surface area contributed by atoms with Gasteiger partial charge in [0, 0.05) is 6.07 Å². The maximum absolute atomic E-state index is 10.6. The number of nitrogen functional groups attached to an aromatic ring is 1. The molecule has 1 aromatic carbocycles. The molecule has 14 heavy (non-hydrogen) atoms. The zero-order chi connectivity index (χ0) is 10.3. The predicted molar refractivity (Wildman–Crippen MR) is 53.5 cm³/mol. The van der Waals surface area contributed by atoms with Crippen LogP contribution < -0.4 is 5.73 Å². The van der Waals surface area contributed by atoms with E-state index < -0.39 is 4.92 Å². The van der Waals surface area contributed by atoms with Gasteiger partial charge in [0.25, 0.3) is 5.69 Å². The summed E-state index contributed by atoms with van der Waals surface area (Å²) in [5, 5.41) is 10.5. The molecule has 8 heteroatoms. The summed E-state index contributed by atoms with van der Waals surface area (Å²) in [7, 11) is 0. The Labute approximate surface area is 86.8 Å². The van der Waals surface area contributed by atoms with Gasteiger partial charge in [0.2, 0.25) is 0 Å². The molecule has 0 bridgehead atoms. The quantitative estimate of drug-likeness (QED) is 0.458. The molecular weight excluding hydrogens is 228 g/mol. The average Bonchev–Trinajstić information content (AvgIpc) is 2.58. The Morgan fingerprint density at radius 1 is 1.57 bits per heavy atom. The van der Waals surface area contributed by atoms with E-state index in [2.05, 4.69) is 8.75 Å². The summed E-state index contributed by atoms with van der Waals surface area (Å²) >= 11 is 6.63. The van der Waals surface area contributed by atoms with Gasteiger partial charge in [0.15, 0.2) is 0 Å². The van der Waals surface area contributed by atoms with Crippen LogP contribution in [0.3, 0.4) is 0 Å². The molecule has 0 aliphatic rings. The number of fused-ring (bicyclic) bond motifs is 1. The van der Waals surface area contributed by atoms with E-state index in [1.165, 1.54) is 6.07 Å². The van der Waals surface area contributed by atoms with Gasteiger partial charge < -0.3 is 5.73 Å². The normalized spacial score (nSPS) is 10.6. The van der Waals surface area contributed by atoms with Crippen LogP contribution in [0.5, 0.6) is 0 Å². The van der Waals surface area contributed by atoms with Crippen LogP contribution in [0.15, 0.2) is 6.07 Å². The molecule has 0 amide bonds. The van der Waals surface area contributed by atoms with Crippen molar-refractivity contribution in [1.82, 2.24) is 8.75 Å². The van der Waals surface area contributed by atoms with Gasteiger partial charge in [-0.2, -0.15) is 8.75 Å². The molecule has 0 saturated carbocycles. The number of halogens is 1. The lowest BCUT2D eigenvalue weighted by atomic mass is 10.2. The van der Waals surface area contributed by atoms with Crippen LogP contribution in [0.2, 0.25) is 5.02 Å². The van der Waals surface area contributed by atoms with Gasteiger partial charge in [-0.15, -0.1) is 0 Å². The van der Waals surface area contributed by atoms with Gasteiger partial charge in [-0.05, 0) is 0 Å². The summed E-state index contributed by atoms with van der Waals surface area (Å²) in [5.74, 6) is 0. The number of nitro benzene ring substituents is 1. The minimum Gasteiger partial charge on any atom is -0.395 e. The molecule has 0 atom stereocenters. The maximum Gasteiger partial charge on any atom is 0.292 e. The molecule has 72 valence electrons. The van der Waals surface area contributed by atoms with Gasteiger partial charge in [-0.1, -0.05) is 11.6 Å². The van der Waals surface area contributed by atoms with Crippen molar-refractivity contribution in [3.63, 3.8) is 0 Å². The van der Waals surface area contributed by atoms with E-state index in [1.54, 1.807) is 0 Å². The van der Waals surface area contributed by atoms with E-state index in [9.17, 15) is 10.1 Å². The van der Waals surface area contributed by atoms with Gasteiger partial charge in [-0.3, -0.25) is 10.1 Å². The van der Waals surface area contributed by atoms with Crippen molar-refractivity contribution >= 4 is 45.7 Å². The lowest BCUT2D eigenvalue weighted by Crippen LogP contribution is -1.95. The number of hydrogen-bond acceptors (Lipinski definition) is 6. The smallest absolute Gasteiger partial charge is 0.292 e. The molecule has 6 nitrogen and oxygen atoms in total. The predicted octanol–water partition coefficient (Wildman–Crippen LogP) is 1.84. The number of nitro groups is 1. The second-order valence-electron chi connectivity index (χ2n) is 2.51. The highest BCUT2D eigenvalue weighted by Crippen LogP contribution is 2.35. The van der Waals surface area contributed by atoms with Crippen molar-refractivity contribution in [2.75, 3.05) is 5.73 Å². The number of hydrogen-bond donors (Lipinski definition) is 1. The molecule has 0 saturated heterocycles. The third kappa shape index (κ3) is 1.17. The fourth-order valence-corrected chi connectivity index (χ4v) is 1.80. The first kappa shape index (κ1) is 9.10. The second-order valence-corrected chi connectivity index (χ2v) is 3.42. The number of rotatable bonds is 1. The molecule has 2 rings (SSSR count). The van der Waals surface area contributed by atoms with Crippen molar-refractivity contribution in [3.8, 4) is 0 Å². The summed E-state index contributed by atoms with van der Waals surface area (Å²) in [5.41, 5.74) is 6.22. The van der Waals surface area contributed by atoms with Gasteiger partial charge >= 0.3 is 0 Å². The van der Waals surface area contributed by atoms with Crippen LogP contribution in [0.1, 0.15) is 0 Å². The fourth-order valence-electron chi connectivity index (χ4n) is 1.04. The van der Waals surface area contributed by atoms with E-state index in [1.807, 2.05) is 0 Å². The molecule has 0 fully saturated rings. The number of anilines is 1. The number of benzene rings is 1.